The smallest absolute Gasteiger partial charge is 0.139 e. The van der Waals surface area contributed by atoms with Crippen LogP contribution in [0.5, 0.6) is 0 Å². The van der Waals surface area contributed by atoms with Crippen LogP contribution in [0.4, 0.5) is 8.78 Å². The zero-order valence-electron chi connectivity index (χ0n) is 10.8. The first kappa shape index (κ1) is 14.7. The van der Waals surface area contributed by atoms with Gasteiger partial charge < -0.3 is 0 Å². The normalized spacial score (nSPS) is 12.2. The monoisotopic (exact) mass is 293 g/mol. The molecule has 0 fully saturated rings. The second kappa shape index (κ2) is 6.61. The van der Waals surface area contributed by atoms with E-state index in [2.05, 4.69) is 5.18 Å². The fraction of sp³-hybridized carbons (Fsp3) is 0.200. The van der Waals surface area contributed by atoms with Gasteiger partial charge in [-0.1, -0.05) is 35.5 Å². The van der Waals surface area contributed by atoms with Gasteiger partial charge in [0.15, 0.2) is 0 Å². The fourth-order valence-electron chi connectivity index (χ4n) is 2.04. The van der Waals surface area contributed by atoms with Crippen LogP contribution in [0.3, 0.4) is 0 Å². The molecule has 0 saturated carbocycles. The fourth-order valence-corrected chi connectivity index (χ4v) is 2.55. The summed E-state index contributed by atoms with van der Waals surface area (Å²) in [6.07, 6.45) is 1.79. The van der Waals surface area contributed by atoms with Crippen molar-refractivity contribution in [3.8, 4) is 0 Å². The van der Waals surface area contributed by atoms with Crippen LogP contribution in [0, 0.1) is 16.5 Å². The molecular formula is C15H13F2NOS. The zero-order valence-corrected chi connectivity index (χ0v) is 11.7. The molecule has 1 atom stereocenters. The highest BCUT2D eigenvalue weighted by Crippen LogP contribution is 2.27. The van der Waals surface area contributed by atoms with Crippen molar-refractivity contribution in [3.05, 3.63) is 70.1 Å². The number of hydrogen-bond donors (Lipinski definition) is 0. The molecule has 0 aliphatic rings. The van der Waals surface area contributed by atoms with Crippen molar-refractivity contribution in [2.45, 2.75) is 17.4 Å². The third-order valence-electron chi connectivity index (χ3n) is 3.00. The number of hydrogen-bond acceptors (Lipinski definition) is 3. The summed E-state index contributed by atoms with van der Waals surface area (Å²) in [7, 11) is 0. The van der Waals surface area contributed by atoms with Crippen molar-refractivity contribution in [1.82, 2.24) is 0 Å². The average Bonchev–Trinajstić information content (AvgIpc) is 2.45. The zero-order chi connectivity index (χ0) is 14.5. The van der Waals surface area contributed by atoms with Gasteiger partial charge in [-0.3, -0.25) is 0 Å². The Morgan fingerprint density at radius 2 is 1.75 bits per heavy atom. The quantitative estimate of drug-likeness (QED) is 0.589. The van der Waals surface area contributed by atoms with E-state index in [1.54, 1.807) is 30.5 Å². The standard InChI is InChI=1S/C15H13F2NOS/c1-20-15-12(16)7-10(8-13(15)17)9-14(18-19)11-5-3-2-4-6-11/h2-8,14H,9H2,1H3. The highest BCUT2D eigenvalue weighted by atomic mass is 32.2. The lowest BCUT2D eigenvalue weighted by Crippen LogP contribution is -2.01. The van der Waals surface area contributed by atoms with Gasteiger partial charge in [-0.05, 0) is 29.5 Å². The van der Waals surface area contributed by atoms with Crippen molar-refractivity contribution < 1.29 is 8.78 Å². The van der Waals surface area contributed by atoms with E-state index in [-0.39, 0.29) is 11.3 Å². The highest BCUT2D eigenvalue weighted by molar-refractivity contribution is 7.98. The Balaban J connectivity index is 2.27. The molecule has 2 nitrogen and oxygen atoms in total. The van der Waals surface area contributed by atoms with E-state index in [4.69, 9.17) is 0 Å². The first-order valence-corrected chi connectivity index (χ1v) is 7.27. The number of thioether (sulfide) groups is 1. The van der Waals surface area contributed by atoms with Gasteiger partial charge in [-0.25, -0.2) is 8.78 Å². The number of nitrogens with zero attached hydrogens (tertiary/aromatic N) is 1. The third kappa shape index (κ3) is 3.22. The van der Waals surface area contributed by atoms with Gasteiger partial charge in [0, 0.05) is 6.42 Å². The number of halogens is 2. The third-order valence-corrected chi connectivity index (χ3v) is 3.80. The van der Waals surface area contributed by atoms with Gasteiger partial charge in [-0.2, -0.15) is 4.91 Å². The molecule has 1 unspecified atom stereocenters. The summed E-state index contributed by atoms with van der Waals surface area (Å²) in [5, 5.41) is 3.06. The summed E-state index contributed by atoms with van der Waals surface area (Å²) in [6.45, 7) is 0. The first-order valence-electron chi connectivity index (χ1n) is 6.05. The molecule has 2 aromatic carbocycles. The summed E-state index contributed by atoms with van der Waals surface area (Å²) in [5.41, 5.74) is 1.16. The molecule has 104 valence electrons. The average molecular weight is 293 g/mol. The van der Waals surface area contributed by atoms with Crippen LogP contribution in [0.15, 0.2) is 52.5 Å². The van der Waals surface area contributed by atoms with Crippen LogP contribution in [0.25, 0.3) is 0 Å². The van der Waals surface area contributed by atoms with Crippen LogP contribution in [-0.2, 0) is 6.42 Å². The SMILES string of the molecule is CSc1c(F)cc(CC(N=O)c2ccccc2)cc1F. The largest absolute Gasteiger partial charge is 0.206 e. The summed E-state index contributed by atoms with van der Waals surface area (Å²) < 4.78 is 27.4. The Morgan fingerprint density at radius 3 is 2.25 bits per heavy atom. The molecule has 5 heteroatoms. The summed E-state index contributed by atoms with van der Waals surface area (Å²) in [5.74, 6) is -1.21. The number of rotatable bonds is 5. The molecular weight excluding hydrogens is 280 g/mol. The molecule has 0 aliphatic carbocycles. The maximum absolute atomic E-state index is 13.7. The Kier molecular flexibility index (Phi) is 4.84. The van der Waals surface area contributed by atoms with E-state index in [9.17, 15) is 13.7 Å². The molecule has 0 aliphatic heterocycles. The summed E-state index contributed by atoms with van der Waals surface area (Å²) in [6, 6.07) is 10.8. The van der Waals surface area contributed by atoms with Crippen LogP contribution in [0.1, 0.15) is 17.2 Å². The van der Waals surface area contributed by atoms with Gasteiger partial charge in [-0.15, -0.1) is 11.8 Å². The van der Waals surface area contributed by atoms with Crippen molar-refractivity contribution in [2.24, 2.45) is 5.18 Å². The predicted molar refractivity (Wildman–Crippen MR) is 76.8 cm³/mol. The van der Waals surface area contributed by atoms with Crippen LogP contribution in [-0.4, -0.2) is 6.26 Å². The Morgan fingerprint density at radius 1 is 1.15 bits per heavy atom. The molecule has 0 radical (unpaired) electrons. The van der Waals surface area contributed by atoms with Crippen molar-refractivity contribution in [3.63, 3.8) is 0 Å². The molecule has 0 N–H and O–H groups in total. The highest BCUT2D eigenvalue weighted by Gasteiger charge is 2.16. The number of nitroso groups, excluding NO2 is 1. The second-order valence-corrected chi connectivity index (χ2v) is 5.15. The lowest BCUT2D eigenvalue weighted by molar-refractivity contribution is 0.535. The van der Waals surface area contributed by atoms with E-state index in [0.29, 0.717) is 5.56 Å². The van der Waals surface area contributed by atoms with E-state index in [1.807, 2.05) is 6.07 Å². The molecule has 0 saturated heterocycles. The molecule has 0 aromatic heterocycles. The van der Waals surface area contributed by atoms with Crippen molar-refractivity contribution in [1.29, 1.82) is 0 Å². The number of benzene rings is 2. The topological polar surface area (TPSA) is 29.4 Å². The lowest BCUT2D eigenvalue weighted by atomic mass is 9.99. The van der Waals surface area contributed by atoms with E-state index >= 15 is 0 Å². The molecule has 20 heavy (non-hydrogen) atoms. The maximum atomic E-state index is 13.7. The Labute approximate surface area is 120 Å². The molecule has 0 spiro atoms. The minimum absolute atomic E-state index is 0.0101. The second-order valence-electron chi connectivity index (χ2n) is 4.33. The minimum atomic E-state index is -0.643. The Hall–Kier alpha value is -1.75. The summed E-state index contributed by atoms with van der Waals surface area (Å²) in [4.78, 5) is 11.0. The van der Waals surface area contributed by atoms with Gasteiger partial charge in [0.25, 0.3) is 0 Å². The first-order chi connectivity index (χ1) is 9.65. The van der Waals surface area contributed by atoms with Gasteiger partial charge >= 0.3 is 0 Å². The van der Waals surface area contributed by atoms with E-state index < -0.39 is 17.7 Å². The van der Waals surface area contributed by atoms with Crippen LogP contribution in [0.2, 0.25) is 0 Å². The predicted octanol–water partition coefficient (Wildman–Crippen LogP) is 4.74. The Bertz CT molecular complexity index is 581. The molecule has 0 heterocycles. The lowest BCUT2D eigenvalue weighted by Gasteiger charge is -2.11. The van der Waals surface area contributed by atoms with E-state index in [0.717, 1.165) is 17.3 Å². The maximum Gasteiger partial charge on any atom is 0.139 e. The minimum Gasteiger partial charge on any atom is -0.206 e. The van der Waals surface area contributed by atoms with Crippen molar-refractivity contribution >= 4 is 11.8 Å². The van der Waals surface area contributed by atoms with Crippen LogP contribution < -0.4 is 0 Å². The van der Waals surface area contributed by atoms with Gasteiger partial charge in [0.1, 0.15) is 17.7 Å². The molecule has 2 aromatic rings. The van der Waals surface area contributed by atoms with Crippen LogP contribution >= 0.6 is 11.8 Å². The molecule has 0 amide bonds. The van der Waals surface area contributed by atoms with Gasteiger partial charge in [0.2, 0.25) is 0 Å². The van der Waals surface area contributed by atoms with Crippen molar-refractivity contribution in [2.75, 3.05) is 6.26 Å². The summed E-state index contributed by atoms with van der Waals surface area (Å²) >= 11 is 1.02. The molecule has 2 rings (SSSR count). The van der Waals surface area contributed by atoms with E-state index in [1.165, 1.54) is 12.1 Å². The molecule has 0 bridgehead atoms. The van der Waals surface area contributed by atoms with Gasteiger partial charge in [0.05, 0.1) is 4.90 Å².